The molecule has 2 unspecified atom stereocenters. The normalized spacial score (nSPS) is 14.4. The van der Waals surface area contributed by atoms with Gasteiger partial charge in [-0.25, -0.2) is 8.78 Å². The summed E-state index contributed by atoms with van der Waals surface area (Å²) in [5.74, 6) is -1.89. The summed E-state index contributed by atoms with van der Waals surface area (Å²) in [7, 11) is 0. The lowest BCUT2D eigenvalue weighted by molar-refractivity contribution is 0.101. The number of halogens is 2. The molecule has 0 aliphatic carbocycles. The fourth-order valence-corrected chi connectivity index (χ4v) is 1.99. The number of hydrogen-bond acceptors (Lipinski definition) is 3. The van der Waals surface area contributed by atoms with Crippen LogP contribution in [0.4, 0.5) is 8.78 Å². The van der Waals surface area contributed by atoms with Gasteiger partial charge in [-0.05, 0) is 19.1 Å². The first-order valence-corrected chi connectivity index (χ1v) is 6.24. The van der Waals surface area contributed by atoms with Crippen molar-refractivity contribution >= 4 is 17.5 Å². The summed E-state index contributed by atoms with van der Waals surface area (Å²) >= 11 is 1.24. The zero-order valence-corrected chi connectivity index (χ0v) is 10.4. The zero-order valence-electron chi connectivity index (χ0n) is 9.61. The summed E-state index contributed by atoms with van der Waals surface area (Å²) in [6, 6.07) is 2.88. The van der Waals surface area contributed by atoms with Gasteiger partial charge >= 0.3 is 0 Å². The highest BCUT2D eigenvalue weighted by molar-refractivity contribution is 8.00. The van der Waals surface area contributed by atoms with Crippen molar-refractivity contribution in [3.63, 3.8) is 0 Å². The summed E-state index contributed by atoms with van der Waals surface area (Å²) in [4.78, 5) is 11.6. The monoisotopic (exact) mass is 260 g/mol. The Morgan fingerprint density at radius 1 is 1.41 bits per heavy atom. The first kappa shape index (κ1) is 14.1. The predicted octanol–water partition coefficient (Wildman–Crippen LogP) is 2.65. The van der Waals surface area contributed by atoms with Gasteiger partial charge in [-0.2, -0.15) is 0 Å². The van der Waals surface area contributed by atoms with Crippen molar-refractivity contribution in [2.45, 2.75) is 25.2 Å². The maximum atomic E-state index is 13.3. The third kappa shape index (κ3) is 4.09. The number of aliphatic hydroxyl groups is 1. The van der Waals surface area contributed by atoms with Crippen LogP contribution in [0.3, 0.4) is 0 Å². The van der Waals surface area contributed by atoms with Crippen molar-refractivity contribution in [3.05, 3.63) is 35.4 Å². The molecule has 0 saturated carbocycles. The Morgan fingerprint density at radius 3 is 2.59 bits per heavy atom. The molecular weight excluding hydrogens is 246 g/mol. The molecule has 1 aromatic rings. The van der Waals surface area contributed by atoms with Gasteiger partial charge in [0.2, 0.25) is 0 Å². The number of Topliss-reactive ketones (excluding diaryl/α,β-unsaturated/α-hetero) is 1. The molecule has 1 N–H and O–H groups in total. The van der Waals surface area contributed by atoms with Crippen molar-refractivity contribution in [2.75, 3.05) is 5.75 Å². The highest BCUT2D eigenvalue weighted by atomic mass is 32.2. The van der Waals surface area contributed by atoms with E-state index in [9.17, 15) is 18.7 Å². The van der Waals surface area contributed by atoms with Gasteiger partial charge in [0.05, 0.1) is 17.4 Å². The second-order valence-corrected chi connectivity index (χ2v) is 5.17. The molecule has 94 valence electrons. The van der Waals surface area contributed by atoms with Crippen LogP contribution in [-0.2, 0) is 0 Å². The van der Waals surface area contributed by atoms with Gasteiger partial charge in [-0.15, -0.1) is 11.8 Å². The standard InChI is InChI=1S/C12H14F2O2S/c1-7(15)8(2)17-6-12(16)10-4-3-9(13)5-11(10)14/h3-5,7-8,15H,6H2,1-2H3. The highest BCUT2D eigenvalue weighted by Gasteiger charge is 2.16. The number of thioether (sulfide) groups is 1. The zero-order chi connectivity index (χ0) is 13.0. The summed E-state index contributed by atoms with van der Waals surface area (Å²) in [6.07, 6.45) is -0.536. The van der Waals surface area contributed by atoms with Crippen molar-refractivity contribution in [3.8, 4) is 0 Å². The largest absolute Gasteiger partial charge is 0.392 e. The van der Waals surface area contributed by atoms with E-state index in [1.165, 1.54) is 11.8 Å². The van der Waals surface area contributed by atoms with Crippen molar-refractivity contribution in [2.24, 2.45) is 0 Å². The molecule has 0 fully saturated rings. The molecule has 2 nitrogen and oxygen atoms in total. The number of carbonyl (C=O) groups is 1. The first-order chi connectivity index (χ1) is 7.91. The lowest BCUT2D eigenvalue weighted by Crippen LogP contribution is -2.18. The minimum Gasteiger partial charge on any atom is -0.392 e. The van der Waals surface area contributed by atoms with E-state index in [0.717, 1.165) is 12.1 Å². The maximum Gasteiger partial charge on any atom is 0.175 e. The van der Waals surface area contributed by atoms with Crippen LogP contribution in [0.15, 0.2) is 18.2 Å². The maximum absolute atomic E-state index is 13.3. The van der Waals surface area contributed by atoms with Crippen LogP contribution < -0.4 is 0 Å². The van der Waals surface area contributed by atoms with E-state index in [2.05, 4.69) is 0 Å². The van der Waals surface area contributed by atoms with Gasteiger partial charge in [0, 0.05) is 11.3 Å². The number of carbonyl (C=O) groups excluding carboxylic acids is 1. The smallest absolute Gasteiger partial charge is 0.175 e. The Hall–Kier alpha value is -0.940. The van der Waals surface area contributed by atoms with Gasteiger partial charge in [-0.3, -0.25) is 4.79 Å². The SMILES string of the molecule is CC(O)C(C)SCC(=O)c1ccc(F)cc1F. The lowest BCUT2D eigenvalue weighted by Gasteiger charge is -2.13. The van der Waals surface area contributed by atoms with E-state index in [-0.39, 0.29) is 16.6 Å². The van der Waals surface area contributed by atoms with Crippen molar-refractivity contribution in [1.82, 2.24) is 0 Å². The summed E-state index contributed by atoms with van der Waals surface area (Å²) < 4.78 is 25.9. The van der Waals surface area contributed by atoms with Crippen LogP contribution in [0.25, 0.3) is 0 Å². The second-order valence-electron chi connectivity index (χ2n) is 3.80. The quantitative estimate of drug-likeness (QED) is 0.827. The summed E-state index contributed by atoms with van der Waals surface area (Å²) in [5.41, 5.74) is -0.114. The van der Waals surface area contributed by atoms with E-state index in [1.54, 1.807) is 13.8 Å². The fourth-order valence-electron chi connectivity index (χ4n) is 1.14. The molecule has 0 spiro atoms. The van der Waals surface area contributed by atoms with Crippen LogP contribution in [0, 0.1) is 11.6 Å². The molecular formula is C12H14F2O2S. The molecule has 0 aliphatic heterocycles. The summed E-state index contributed by atoms with van der Waals surface area (Å²) in [5, 5.41) is 9.13. The molecule has 0 radical (unpaired) electrons. The number of rotatable bonds is 5. The van der Waals surface area contributed by atoms with E-state index in [0.29, 0.717) is 6.07 Å². The van der Waals surface area contributed by atoms with Crippen LogP contribution in [0.1, 0.15) is 24.2 Å². The van der Waals surface area contributed by atoms with Crippen molar-refractivity contribution in [1.29, 1.82) is 0 Å². The van der Waals surface area contributed by atoms with E-state index < -0.39 is 23.5 Å². The van der Waals surface area contributed by atoms with Crippen LogP contribution in [-0.4, -0.2) is 28.0 Å². The van der Waals surface area contributed by atoms with Gasteiger partial charge in [0.1, 0.15) is 11.6 Å². The van der Waals surface area contributed by atoms with Crippen LogP contribution in [0.2, 0.25) is 0 Å². The van der Waals surface area contributed by atoms with Gasteiger partial charge < -0.3 is 5.11 Å². The summed E-state index contributed by atoms with van der Waals surface area (Å²) in [6.45, 7) is 3.41. The molecule has 0 amide bonds. The predicted molar refractivity (Wildman–Crippen MR) is 64.3 cm³/mol. The third-order valence-corrected chi connectivity index (χ3v) is 3.74. The molecule has 1 aromatic carbocycles. The molecule has 2 atom stereocenters. The number of ketones is 1. The average Bonchev–Trinajstić information content (AvgIpc) is 2.25. The Bertz CT molecular complexity index is 407. The number of aliphatic hydroxyl groups excluding tert-OH is 1. The Morgan fingerprint density at radius 2 is 2.06 bits per heavy atom. The third-order valence-electron chi connectivity index (χ3n) is 2.39. The van der Waals surface area contributed by atoms with Crippen LogP contribution in [0.5, 0.6) is 0 Å². The number of hydrogen-bond donors (Lipinski definition) is 1. The minimum atomic E-state index is -0.847. The van der Waals surface area contributed by atoms with Gasteiger partial charge in [-0.1, -0.05) is 6.92 Å². The molecule has 0 saturated heterocycles. The fraction of sp³-hybridized carbons (Fsp3) is 0.417. The number of benzene rings is 1. The van der Waals surface area contributed by atoms with E-state index in [4.69, 9.17) is 0 Å². The van der Waals surface area contributed by atoms with Crippen LogP contribution >= 0.6 is 11.8 Å². The van der Waals surface area contributed by atoms with Crippen molar-refractivity contribution < 1.29 is 18.7 Å². The molecule has 1 rings (SSSR count). The van der Waals surface area contributed by atoms with E-state index >= 15 is 0 Å². The van der Waals surface area contributed by atoms with E-state index in [1.807, 2.05) is 0 Å². The Labute approximate surface area is 103 Å². The Kier molecular flexibility index (Phi) is 5.08. The minimum absolute atomic E-state index is 0.0641. The Balaban J connectivity index is 2.64. The molecule has 5 heteroatoms. The molecule has 0 bridgehead atoms. The average molecular weight is 260 g/mol. The molecule has 17 heavy (non-hydrogen) atoms. The molecule has 0 heterocycles. The lowest BCUT2D eigenvalue weighted by atomic mass is 10.1. The molecule has 0 aromatic heterocycles. The second kappa shape index (κ2) is 6.12. The first-order valence-electron chi connectivity index (χ1n) is 5.19. The topological polar surface area (TPSA) is 37.3 Å². The highest BCUT2D eigenvalue weighted by Crippen LogP contribution is 2.18. The van der Waals surface area contributed by atoms with Gasteiger partial charge in [0.25, 0.3) is 0 Å². The molecule has 0 aliphatic rings. The van der Waals surface area contributed by atoms with Gasteiger partial charge in [0.15, 0.2) is 5.78 Å².